The normalized spacial score (nSPS) is 19.8. The van der Waals surface area contributed by atoms with Crippen molar-refractivity contribution >= 4 is 0 Å². The van der Waals surface area contributed by atoms with Crippen molar-refractivity contribution in [1.29, 1.82) is 0 Å². The highest BCUT2D eigenvalue weighted by Gasteiger charge is 2.28. The molecule has 2 unspecified atom stereocenters. The first-order chi connectivity index (χ1) is 7.69. The minimum Gasteiger partial charge on any atom is -0.312 e. The molecule has 2 atom stereocenters. The second-order valence-electron chi connectivity index (χ2n) is 5.13. The molecule has 16 heavy (non-hydrogen) atoms. The predicted molar refractivity (Wildman–Crippen MR) is 71.8 cm³/mol. The summed E-state index contributed by atoms with van der Waals surface area (Å²) in [6.07, 6.45) is 8.37. The molecular formula is C14H28N2. The third-order valence-corrected chi connectivity index (χ3v) is 3.73. The van der Waals surface area contributed by atoms with Gasteiger partial charge in [0.25, 0.3) is 0 Å². The van der Waals surface area contributed by atoms with Gasteiger partial charge in [0.1, 0.15) is 0 Å². The van der Waals surface area contributed by atoms with Crippen LogP contribution in [0.2, 0.25) is 0 Å². The van der Waals surface area contributed by atoms with Crippen molar-refractivity contribution in [3.8, 4) is 0 Å². The molecule has 1 rings (SSSR count). The highest BCUT2D eigenvalue weighted by Crippen LogP contribution is 2.26. The van der Waals surface area contributed by atoms with Crippen molar-refractivity contribution in [3.63, 3.8) is 0 Å². The van der Waals surface area contributed by atoms with Gasteiger partial charge in [0.05, 0.1) is 0 Å². The molecular weight excluding hydrogens is 196 g/mol. The molecule has 1 N–H and O–H groups in total. The monoisotopic (exact) mass is 224 g/mol. The fraction of sp³-hybridized carbons (Fsp3) is 0.857. The van der Waals surface area contributed by atoms with E-state index in [1.165, 1.54) is 25.7 Å². The van der Waals surface area contributed by atoms with Gasteiger partial charge in [0.2, 0.25) is 0 Å². The van der Waals surface area contributed by atoms with E-state index < -0.39 is 0 Å². The van der Waals surface area contributed by atoms with Crippen molar-refractivity contribution in [3.05, 3.63) is 12.7 Å². The Kier molecular flexibility index (Phi) is 6.07. The third-order valence-electron chi connectivity index (χ3n) is 3.73. The number of rotatable bonds is 9. The molecule has 0 amide bonds. The van der Waals surface area contributed by atoms with Gasteiger partial charge in [0.15, 0.2) is 0 Å². The van der Waals surface area contributed by atoms with Crippen LogP contribution in [-0.2, 0) is 0 Å². The number of nitrogens with one attached hydrogen (secondary N) is 1. The Hall–Kier alpha value is -0.340. The third kappa shape index (κ3) is 4.67. The zero-order valence-corrected chi connectivity index (χ0v) is 11.2. The maximum atomic E-state index is 3.79. The zero-order valence-electron chi connectivity index (χ0n) is 11.2. The predicted octanol–water partition coefficient (Wildman–Crippen LogP) is 2.80. The first-order valence-corrected chi connectivity index (χ1v) is 6.75. The van der Waals surface area contributed by atoms with Crippen LogP contribution in [0.1, 0.15) is 46.0 Å². The van der Waals surface area contributed by atoms with Crippen LogP contribution in [0, 0.1) is 0 Å². The summed E-state index contributed by atoms with van der Waals surface area (Å²) in [5.41, 5.74) is 0. The highest BCUT2D eigenvalue weighted by molar-refractivity contribution is 4.86. The lowest BCUT2D eigenvalue weighted by molar-refractivity contribution is 0.233. The van der Waals surface area contributed by atoms with Crippen molar-refractivity contribution in [2.75, 3.05) is 13.6 Å². The van der Waals surface area contributed by atoms with Crippen molar-refractivity contribution in [2.24, 2.45) is 0 Å². The lowest BCUT2D eigenvalue weighted by Gasteiger charge is -2.27. The number of likely N-dealkylation sites (N-methyl/N-ethyl adjacent to an activating group) is 1. The molecule has 1 fully saturated rings. The molecule has 0 aromatic carbocycles. The van der Waals surface area contributed by atoms with E-state index in [2.05, 4.69) is 37.7 Å². The Morgan fingerprint density at radius 1 is 1.50 bits per heavy atom. The molecule has 0 radical (unpaired) electrons. The molecule has 0 heterocycles. The Morgan fingerprint density at radius 3 is 2.69 bits per heavy atom. The van der Waals surface area contributed by atoms with Gasteiger partial charge >= 0.3 is 0 Å². The molecule has 0 bridgehead atoms. The standard InChI is InChI=1S/C14H28N2/c1-5-7-8-13(6-2)15-11-12(3)16(4)14-9-10-14/h5,12-15H,1,6-11H2,2-4H3. The summed E-state index contributed by atoms with van der Waals surface area (Å²) in [7, 11) is 2.26. The van der Waals surface area contributed by atoms with Gasteiger partial charge in [-0.1, -0.05) is 13.0 Å². The summed E-state index contributed by atoms with van der Waals surface area (Å²) in [6, 6.07) is 2.18. The Labute approximate surface area is 101 Å². The van der Waals surface area contributed by atoms with E-state index in [-0.39, 0.29) is 0 Å². The average Bonchev–Trinajstić information content (AvgIpc) is 3.12. The SMILES string of the molecule is C=CCCC(CC)NCC(C)N(C)C1CC1. The molecule has 1 saturated carbocycles. The molecule has 1 aliphatic rings. The van der Waals surface area contributed by atoms with Gasteiger partial charge in [-0.15, -0.1) is 6.58 Å². The summed E-state index contributed by atoms with van der Waals surface area (Å²) in [5.74, 6) is 0. The quantitative estimate of drug-likeness (QED) is 0.606. The maximum absolute atomic E-state index is 3.79. The lowest BCUT2D eigenvalue weighted by atomic mass is 10.1. The minimum absolute atomic E-state index is 0.658. The summed E-state index contributed by atoms with van der Waals surface area (Å²) in [6.45, 7) is 9.48. The summed E-state index contributed by atoms with van der Waals surface area (Å²) in [5, 5.41) is 3.68. The van der Waals surface area contributed by atoms with Gasteiger partial charge in [-0.25, -0.2) is 0 Å². The van der Waals surface area contributed by atoms with E-state index in [0.717, 1.165) is 19.0 Å². The van der Waals surface area contributed by atoms with E-state index in [4.69, 9.17) is 0 Å². The summed E-state index contributed by atoms with van der Waals surface area (Å²) in [4.78, 5) is 2.52. The first kappa shape index (κ1) is 13.7. The zero-order chi connectivity index (χ0) is 12.0. The highest BCUT2D eigenvalue weighted by atomic mass is 15.2. The van der Waals surface area contributed by atoms with Crippen LogP contribution in [0.15, 0.2) is 12.7 Å². The average molecular weight is 224 g/mol. The number of hydrogen-bond acceptors (Lipinski definition) is 2. The van der Waals surface area contributed by atoms with E-state index in [9.17, 15) is 0 Å². The van der Waals surface area contributed by atoms with Crippen LogP contribution in [0.3, 0.4) is 0 Å². The summed E-state index contributed by atoms with van der Waals surface area (Å²) < 4.78 is 0. The summed E-state index contributed by atoms with van der Waals surface area (Å²) >= 11 is 0. The van der Waals surface area contributed by atoms with Crippen LogP contribution in [0.4, 0.5) is 0 Å². The molecule has 2 nitrogen and oxygen atoms in total. The van der Waals surface area contributed by atoms with Gasteiger partial charge < -0.3 is 5.32 Å². The number of hydrogen-bond donors (Lipinski definition) is 1. The van der Waals surface area contributed by atoms with Crippen molar-refractivity contribution in [1.82, 2.24) is 10.2 Å². The van der Waals surface area contributed by atoms with Gasteiger partial charge in [0, 0.05) is 24.7 Å². The second kappa shape index (κ2) is 7.08. The molecule has 0 saturated heterocycles. The Balaban J connectivity index is 2.16. The van der Waals surface area contributed by atoms with Crippen LogP contribution < -0.4 is 5.32 Å². The molecule has 94 valence electrons. The van der Waals surface area contributed by atoms with Gasteiger partial charge in [-0.05, 0) is 46.1 Å². The van der Waals surface area contributed by atoms with Crippen LogP contribution >= 0.6 is 0 Å². The second-order valence-corrected chi connectivity index (χ2v) is 5.13. The number of nitrogens with zero attached hydrogens (tertiary/aromatic N) is 1. The van der Waals surface area contributed by atoms with Gasteiger partial charge in [-0.3, -0.25) is 4.90 Å². The van der Waals surface area contributed by atoms with E-state index in [0.29, 0.717) is 12.1 Å². The number of allylic oxidation sites excluding steroid dienone is 1. The molecule has 0 aromatic rings. The molecule has 2 heteroatoms. The molecule has 0 aromatic heterocycles. The van der Waals surface area contributed by atoms with E-state index >= 15 is 0 Å². The molecule has 1 aliphatic carbocycles. The van der Waals surface area contributed by atoms with Gasteiger partial charge in [-0.2, -0.15) is 0 Å². The van der Waals surface area contributed by atoms with Crippen LogP contribution in [0.5, 0.6) is 0 Å². The van der Waals surface area contributed by atoms with E-state index in [1.807, 2.05) is 6.08 Å². The fourth-order valence-electron chi connectivity index (χ4n) is 2.09. The van der Waals surface area contributed by atoms with E-state index in [1.54, 1.807) is 0 Å². The Morgan fingerprint density at radius 2 is 2.19 bits per heavy atom. The largest absolute Gasteiger partial charge is 0.312 e. The lowest BCUT2D eigenvalue weighted by Crippen LogP contribution is -2.42. The minimum atomic E-state index is 0.658. The first-order valence-electron chi connectivity index (χ1n) is 6.75. The van der Waals surface area contributed by atoms with Crippen molar-refractivity contribution < 1.29 is 0 Å². The smallest absolute Gasteiger partial charge is 0.0192 e. The molecule has 0 spiro atoms. The van der Waals surface area contributed by atoms with Crippen LogP contribution in [-0.4, -0.2) is 36.6 Å². The van der Waals surface area contributed by atoms with Crippen LogP contribution in [0.25, 0.3) is 0 Å². The molecule has 0 aliphatic heterocycles. The Bertz CT molecular complexity index is 199. The van der Waals surface area contributed by atoms with Crippen molar-refractivity contribution in [2.45, 2.75) is 64.1 Å². The maximum Gasteiger partial charge on any atom is 0.0192 e. The fourth-order valence-corrected chi connectivity index (χ4v) is 2.09. The topological polar surface area (TPSA) is 15.3 Å².